The highest BCUT2D eigenvalue weighted by Gasteiger charge is 2.17. The van der Waals surface area contributed by atoms with Crippen LogP contribution in [0, 0.1) is 0 Å². The molecule has 1 aliphatic carbocycles. The minimum Gasteiger partial charge on any atom is -0.349 e. The molecule has 1 aromatic carbocycles. The molecule has 1 saturated carbocycles. The number of amides is 2. The van der Waals surface area contributed by atoms with Crippen LogP contribution in [0.5, 0.6) is 0 Å². The lowest BCUT2D eigenvalue weighted by Crippen LogP contribution is -2.34. The van der Waals surface area contributed by atoms with Gasteiger partial charge in [-0.1, -0.05) is 50.0 Å². The Hall–Kier alpha value is -2.28. The van der Waals surface area contributed by atoms with Gasteiger partial charge in [0.15, 0.2) is 0 Å². The SMILES string of the molecule is CCc1nnc(C(=O)Nc2cccc(C(=O)NC3CCCCCC3)c2)s1. The Morgan fingerprint density at radius 2 is 1.88 bits per heavy atom. The normalized spacial score (nSPS) is 15.3. The van der Waals surface area contributed by atoms with E-state index in [0.717, 1.165) is 24.3 Å². The lowest BCUT2D eigenvalue weighted by Gasteiger charge is -2.16. The lowest BCUT2D eigenvalue weighted by atomic mass is 10.1. The van der Waals surface area contributed by atoms with E-state index in [1.807, 2.05) is 6.92 Å². The van der Waals surface area contributed by atoms with Gasteiger partial charge in [-0.3, -0.25) is 9.59 Å². The smallest absolute Gasteiger partial charge is 0.286 e. The number of aryl methyl sites for hydroxylation is 1. The first-order chi connectivity index (χ1) is 12.7. The molecule has 26 heavy (non-hydrogen) atoms. The average Bonchev–Trinajstić information content (AvgIpc) is 3.00. The Kier molecular flexibility index (Phi) is 6.33. The summed E-state index contributed by atoms with van der Waals surface area (Å²) >= 11 is 1.28. The van der Waals surface area contributed by atoms with E-state index < -0.39 is 0 Å². The number of carbonyl (C=O) groups excluding carboxylic acids is 2. The lowest BCUT2D eigenvalue weighted by molar-refractivity contribution is 0.0932. The van der Waals surface area contributed by atoms with E-state index in [4.69, 9.17) is 0 Å². The van der Waals surface area contributed by atoms with Gasteiger partial charge >= 0.3 is 0 Å². The topological polar surface area (TPSA) is 84.0 Å². The summed E-state index contributed by atoms with van der Waals surface area (Å²) in [5, 5.41) is 14.9. The minimum atomic E-state index is -0.302. The summed E-state index contributed by atoms with van der Waals surface area (Å²) in [5.74, 6) is -0.388. The first-order valence-corrected chi connectivity index (χ1v) is 10.0. The van der Waals surface area contributed by atoms with Crippen LogP contribution in [0.4, 0.5) is 5.69 Å². The van der Waals surface area contributed by atoms with Crippen LogP contribution in [0.2, 0.25) is 0 Å². The number of hydrogen-bond acceptors (Lipinski definition) is 5. The van der Waals surface area contributed by atoms with Crippen LogP contribution in [0.15, 0.2) is 24.3 Å². The third-order valence-corrected chi connectivity index (χ3v) is 5.60. The van der Waals surface area contributed by atoms with E-state index in [2.05, 4.69) is 20.8 Å². The summed E-state index contributed by atoms with van der Waals surface area (Å²) < 4.78 is 0. The van der Waals surface area contributed by atoms with Crippen molar-refractivity contribution in [3.05, 3.63) is 39.8 Å². The predicted octanol–water partition coefficient (Wildman–Crippen LogP) is 3.81. The fraction of sp³-hybridized carbons (Fsp3) is 0.474. The monoisotopic (exact) mass is 372 g/mol. The molecule has 0 atom stereocenters. The molecule has 0 bridgehead atoms. The maximum atomic E-state index is 12.5. The molecule has 7 heteroatoms. The molecule has 2 N–H and O–H groups in total. The third-order valence-electron chi connectivity index (χ3n) is 4.54. The summed E-state index contributed by atoms with van der Waals surface area (Å²) in [6.07, 6.45) is 7.67. The molecule has 6 nitrogen and oxygen atoms in total. The van der Waals surface area contributed by atoms with Crippen molar-refractivity contribution in [2.45, 2.75) is 57.9 Å². The van der Waals surface area contributed by atoms with Gasteiger partial charge in [0.1, 0.15) is 5.01 Å². The molecule has 1 aliphatic rings. The van der Waals surface area contributed by atoms with Crippen molar-refractivity contribution in [2.75, 3.05) is 5.32 Å². The molecule has 1 heterocycles. The van der Waals surface area contributed by atoms with Gasteiger partial charge in [-0.15, -0.1) is 10.2 Å². The summed E-state index contributed by atoms with van der Waals surface area (Å²) in [5.41, 5.74) is 1.13. The Labute approximate surface area is 157 Å². The van der Waals surface area contributed by atoms with Crippen LogP contribution in [-0.2, 0) is 6.42 Å². The van der Waals surface area contributed by atoms with Crippen LogP contribution in [0.1, 0.15) is 70.6 Å². The molecular formula is C19H24N4O2S. The second-order valence-electron chi connectivity index (χ2n) is 6.55. The van der Waals surface area contributed by atoms with Gasteiger partial charge < -0.3 is 10.6 Å². The molecule has 0 radical (unpaired) electrons. The van der Waals surface area contributed by atoms with E-state index in [1.165, 1.54) is 37.0 Å². The number of nitrogens with one attached hydrogen (secondary N) is 2. The van der Waals surface area contributed by atoms with E-state index in [9.17, 15) is 9.59 Å². The second-order valence-corrected chi connectivity index (χ2v) is 7.61. The van der Waals surface area contributed by atoms with Gasteiger partial charge in [0.25, 0.3) is 11.8 Å². The summed E-state index contributed by atoms with van der Waals surface area (Å²) in [7, 11) is 0. The molecule has 1 fully saturated rings. The van der Waals surface area contributed by atoms with Crippen molar-refractivity contribution in [3.63, 3.8) is 0 Å². The van der Waals surface area contributed by atoms with Crippen molar-refractivity contribution in [2.24, 2.45) is 0 Å². The number of benzene rings is 1. The standard InChI is InChI=1S/C19H24N4O2S/c1-2-16-22-23-19(26-16)18(25)21-15-11-7-8-13(12-15)17(24)20-14-9-5-3-4-6-10-14/h7-8,11-12,14H,2-6,9-10H2,1H3,(H,20,24)(H,21,25). The fourth-order valence-corrected chi connectivity index (χ4v) is 3.78. The predicted molar refractivity (Wildman–Crippen MR) is 103 cm³/mol. The number of rotatable bonds is 5. The van der Waals surface area contributed by atoms with Crippen LogP contribution < -0.4 is 10.6 Å². The van der Waals surface area contributed by atoms with Gasteiger partial charge in [0, 0.05) is 17.3 Å². The Bertz CT molecular complexity index is 766. The van der Waals surface area contributed by atoms with E-state index in [0.29, 0.717) is 16.3 Å². The molecule has 3 rings (SSSR count). The first-order valence-electron chi connectivity index (χ1n) is 9.20. The third kappa shape index (κ3) is 4.88. The zero-order chi connectivity index (χ0) is 18.4. The Morgan fingerprint density at radius 3 is 2.58 bits per heavy atom. The quantitative estimate of drug-likeness (QED) is 0.782. The van der Waals surface area contributed by atoms with Gasteiger partial charge in [0.05, 0.1) is 0 Å². The van der Waals surface area contributed by atoms with Crippen molar-refractivity contribution in [1.29, 1.82) is 0 Å². The molecule has 0 spiro atoms. The molecular weight excluding hydrogens is 348 g/mol. The van der Waals surface area contributed by atoms with Crippen molar-refractivity contribution in [1.82, 2.24) is 15.5 Å². The fourth-order valence-electron chi connectivity index (χ4n) is 3.10. The minimum absolute atomic E-state index is 0.0859. The maximum Gasteiger partial charge on any atom is 0.286 e. The molecule has 0 aliphatic heterocycles. The zero-order valence-electron chi connectivity index (χ0n) is 15.0. The number of nitrogens with zero attached hydrogens (tertiary/aromatic N) is 2. The van der Waals surface area contributed by atoms with Crippen LogP contribution in [0.3, 0.4) is 0 Å². The van der Waals surface area contributed by atoms with Crippen LogP contribution in [0.25, 0.3) is 0 Å². The number of aromatic nitrogens is 2. The number of anilines is 1. The average molecular weight is 372 g/mol. The highest BCUT2D eigenvalue weighted by atomic mass is 32.1. The number of carbonyl (C=O) groups is 2. The maximum absolute atomic E-state index is 12.5. The highest BCUT2D eigenvalue weighted by Crippen LogP contribution is 2.19. The summed E-state index contributed by atoms with van der Waals surface area (Å²) in [4.78, 5) is 24.8. The summed E-state index contributed by atoms with van der Waals surface area (Å²) in [6, 6.07) is 7.25. The highest BCUT2D eigenvalue weighted by molar-refractivity contribution is 7.13. The van der Waals surface area contributed by atoms with Gasteiger partial charge in [-0.2, -0.15) is 0 Å². The first kappa shape index (κ1) is 18.5. The van der Waals surface area contributed by atoms with Crippen molar-refractivity contribution >= 4 is 28.8 Å². The zero-order valence-corrected chi connectivity index (χ0v) is 15.8. The Morgan fingerprint density at radius 1 is 1.12 bits per heavy atom. The van der Waals surface area contributed by atoms with Gasteiger partial charge in [-0.05, 0) is 37.5 Å². The van der Waals surface area contributed by atoms with E-state index in [-0.39, 0.29) is 17.9 Å². The molecule has 2 aromatic rings. The molecule has 0 unspecified atom stereocenters. The summed E-state index contributed by atoms with van der Waals surface area (Å²) in [6.45, 7) is 1.97. The Balaban J connectivity index is 1.63. The molecule has 138 valence electrons. The van der Waals surface area contributed by atoms with Crippen molar-refractivity contribution in [3.8, 4) is 0 Å². The second kappa shape index (κ2) is 8.89. The van der Waals surface area contributed by atoms with Crippen molar-refractivity contribution < 1.29 is 9.59 Å². The van der Waals surface area contributed by atoms with E-state index in [1.54, 1.807) is 24.3 Å². The molecule has 2 amide bonds. The number of hydrogen-bond donors (Lipinski definition) is 2. The van der Waals surface area contributed by atoms with Gasteiger partial charge in [0.2, 0.25) is 5.01 Å². The van der Waals surface area contributed by atoms with Crippen LogP contribution in [-0.4, -0.2) is 28.1 Å². The molecule has 0 saturated heterocycles. The van der Waals surface area contributed by atoms with Gasteiger partial charge in [-0.25, -0.2) is 0 Å². The van der Waals surface area contributed by atoms with E-state index >= 15 is 0 Å². The molecule has 1 aromatic heterocycles. The van der Waals surface area contributed by atoms with Crippen LogP contribution >= 0.6 is 11.3 Å². The largest absolute Gasteiger partial charge is 0.349 e.